The Balaban J connectivity index is 2.18. The number of hydrogen-bond acceptors (Lipinski definition) is 1. The molecule has 0 aromatic carbocycles. The molecule has 108 valence electrons. The van der Waals surface area contributed by atoms with Crippen LogP contribution in [0, 0.1) is 11.8 Å². The maximum absolute atomic E-state index is 5.59. The largest absolute Gasteiger partial charge is 0.381 e. The van der Waals surface area contributed by atoms with Crippen molar-refractivity contribution in [2.75, 3.05) is 13.2 Å². The molecule has 0 aromatic heterocycles. The zero-order chi connectivity index (χ0) is 13.1. The van der Waals surface area contributed by atoms with E-state index in [9.17, 15) is 0 Å². The van der Waals surface area contributed by atoms with Gasteiger partial charge in [0.2, 0.25) is 0 Å². The maximum atomic E-state index is 5.59. The van der Waals surface area contributed by atoms with Gasteiger partial charge in [-0.15, -0.1) is 0 Å². The van der Waals surface area contributed by atoms with E-state index in [-0.39, 0.29) is 0 Å². The summed E-state index contributed by atoms with van der Waals surface area (Å²) in [6, 6.07) is 0. The average molecular weight is 254 g/mol. The van der Waals surface area contributed by atoms with Gasteiger partial charge in [-0.05, 0) is 18.3 Å². The van der Waals surface area contributed by atoms with Gasteiger partial charge in [0, 0.05) is 13.2 Å². The second-order valence-electron chi connectivity index (χ2n) is 6.08. The molecule has 1 aliphatic heterocycles. The van der Waals surface area contributed by atoms with Gasteiger partial charge in [0.15, 0.2) is 0 Å². The fourth-order valence-electron chi connectivity index (χ4n) is 3.21. The first-order chi connectivity index (χ1) is 8.88. The molecule has 1 unspecified atom stereocenters. The third kappa shape index (κ3) is 6.78. The van der Waals surface area contributed by atoms with Crippen LogP contribution in [0.25, 0.3) is 0 Å². The zero-order valence-electron chi connectivity index (χ0n) is 12.8. The minimum atomic E-state index is 0.883. The van der Waals surface area contributed by atoms with E-state index in [1.165, 1.54) is 70.6 Å². The lowest BCUT2D eigenvalue weighted by atomic mass is 9.83. The van der Waals surface area contributed by atoms with Gasteiger partial charge in [0.05, 0.1) is 0 Å². The molecular weight excluding hydrogens is 220 g/mol. The first-order valence-corrected chi connectivity index (χ1v) is 8.46. The van der Waals surface area contributed by atoms with Gasteiger partial charge >= 0.3 is 0 Å². The highest BCUT2D eigenvalue weighted by molar-refractivity contribution is 4.74. The van der Waals surface area contributed by atoms with Crippen molar-refractivity contribution in [3.63, 3.8) is 0 Å². The summed E-state index contributed by atoms with van der Waals surface area (Å²) in [6.07, 6.45) is 15.6. The fraction of sp³-hybridized carbons (Fsp3) is 1.00. The lowest BCUT2D eigenvalue weighted by molar-refractivity contribution is 0.165. The summed E-state index contributed by atoms with van der Waals surface area (Å²) in [5.74, 6) is 1.84. The van der Waals surface area contributed by atoms with Crippen LogP contribution in [0.3, 0.4) is 0 Å². The SMILES string of the molecule is CCCCCCC(CCCCCC)C1CCOC1. The van der Waals surface area contributed by atoms with Crippen LogP contribution >= 0.6 is 0 Å². The monoisotopic (exact) mass is 254 g/mol. The van der Waals surface area contributed by atoms with Crippen molar-refractivity contribution in [3.05, 3.63) is 0 Å². The van der Waals surface area contributed by atoms with Crippen molar-refractivity contribution in [1.82, 2.24) is 0 Å². The smallest absolute Gasteiger partial charge is 0.0497 e. The molecule has 0 spiro atoms. The van der Waals surface area contributed by atoms with E-state index in [2.05, 4.69) is 13.8 Å². The standard InChI is InChI=1S/C17H34O/c1-3-5-7-9-11-16(12-10-8-6-4-2)17-13-14-18-15-17/h16-17H,3-15H2,1-2H3. The Labute approximate surface area is 115 Å². The normalized spacial score (nSPS) is 19.8. The number of hydrogen-bond donors (Lipinski definition) is 0. The first-order valence-electron chi connectivity index (χ1n) is 8.46. The molecule has 1 aliphatic rings. The summed E-state index contributed by atoms with van der Waals surface area (Å²) < 4.78 is 5.59. The molecule has 0 N–H and O–H groups in total. The van der Waals surface area contributed by atoms with Crippen LogP contribution < -0.4 is 0 Å². The van der Waals surface area contributed by atoms with Crippen LogP contribution in [-0.4, -0.2) is 13.2 Å². The Hall–Kier alpha value is -0.0400. The number of ether oxygens (including phenoxy) is 1. The summed E-state index contributed by atoms with van der Waals surface area (Å²) >= 11 is 0. The van der Waals surface area contributed by atoms with Crippen molar-refractivity contribution in [1.29, 1.82) is 0 Å². The van der Waals surface area contributed by atoms with Gasteiger partial charge in [0.25, 0.3) is 0 Å². The molecule has 0 aliphatic carbocycles. The van der Waals surface area contributed by atoms with Gasteiger partial charge in [-0.25, -0.2) is 0 Å². The zero-order valence-corrected chi connectivity index (χ0v) is 12.8. The van der Waals surface area contributed by atoms with Gasteiger partial charge in [-0.2, -0.15) is 0 Å². The predicted molar refractivity (Wildman–Crippen MR) is 79.9 cm³/mol. The quantitative estimate of drug-likeness (QED) is 0.437. The molecule has 0 aromatic rings. The van der Waals surface area contributed by atoms with E-state index in [0.717, 1.165) is 25.0 Å². The summed E-state index contributed by atoms with van der Waals surface area (Å²) in [5.41, 5.74) is 0. The van der Waals surface area contributed by atoms with Crippen molar-refractivity contribution < 1.29 is 4.74 Å². The summed E-state index contributed by atoms with van der Waals surface area (Å²) in [4.78, 5) is 0. The van der Waals surface area contributed by atoms with E-state index < -0.39 is 0 Å². The molecule has 1 rings (SSSR count). The van der Waals surface area contributed by atoms with E-state index in [1.807, 2.05) is 0 Å². The van der Waals surface area contributed by atoms with Gasteiger partial charge in [-0.3, -0.25) is 0 Å². The molecule has 0 amide bonds. The average Bonchev–Trinajstić information content (AvgIpc) is 2.91. The minimum absolute atomic E-state index is 0.883. The molecule has 0 radical (unpaired) electrons. The Morgan fingerprint density at radius 3 is 1.94 bits per heavy atom. The second kappa shape index (κ2) is 10.8. The van der Waals surface area contributed by atoms with Crippen LogP contribution in [0.5, 0.6) is 0 Å². The molecular formula is C17H34O. The Bertz CT molecular complexity index is 160. The van der Waals surface area contributed by atoms with Crippen LogP contribution in [0.1, 0.15) is 84.5 Å². The molecule has 1 fully saturated rings. The number of rotatable bonds is 11. The molecule has 1 heterocycles. The summed E-state index contributed by atoms with van der Waals surface area (Å²) in [7, 11) is 0. The van der Waals surface area contributed by atoms with Crippen LogP contribution in [0.15, 0.2) is 0 Å². The summed E-state index contributed by atoms with van der Waals surface area (Å²) in [6.45, 7) is 6.66. The van der Waals surface area contributed by atoms with Crippen molar-refractivity contribution in [2.24, 2.45) is 11.8 Å². The molecule has 1 nitrogen and oxygen atoms in total. The first kappa shape index (κ1) is 16.0. The Kier molecular flexibility index (Phi) is 9.65. The van der Waals surface area contributed by atoms with Gasteiger partial charge in [0.1, 0.15) is 0 Å². The summed E-state index contributed by atoms with van der Waals surface area (Å²) in [5, 5.41) is 0. The van der Waals surface area contributed by atoms with Gasteiger partial charge < -0.3 is 4.74 Å². The topological polar surface area (TPSA) is 9.23 Å². The van der Waals surface area contributed by atoms with Crippen molar-refractivity contribution >= 4 is 0 Å². The highest BCUT2D eigenvalue weighted by Crippen LogP contribution is 2.31. The molecule has 0 bridgehead atoms. The van der Waals surface area contributed by atoms with E-state index >= 15 is 0 Å². The van der Waals surface area contributed by atoms with Crippen molar-refractivity contribution in [2.45, 2.75) is 84.5 Å². The minimum Gasteiger partial charge on any atom is -0.381 e. The fourth-order valence-corrected chi connectivity index (χ4v) is 3.21. The lowest BCUT2D eigenvalue weighted by Gasteiger charge is -2.22. The van der Waals surface area contributed by atoms with E-state index in [0.29, 0.717) is 0 Å². The van der Waals surface area contributed by atoms with E-state index in [4.69, 9.17) is 4.74 Å². The third-order valence-electron chi connectivity index (χ3n) is 4.49. The Morgan fingerprint density at radius 1 is 0.889 bits per heavy atom. The predicted octanol–water partition coefficient (Wildman–Crippen LogP) is 5.58. The van der Waals surface area contributed by atoms with Crippen LogP contribution in [0.2, 0.25) is 0 Å². The lowest BCUT2D eigenvalue weighted by Crippen LogP contribution is -2.15. The number of unbranched alkanes of at least 4 members (excludes halogenated alkanes) is 6. The highest BCUT2D eigenvalue weighted by Gasteiger charge is 2.24. The second-order valence-corrected chi connectivity index (χ2v) is 6.08. The van der Waals surface area contributed by atoms with Gasteiger partial charge in [-0.1, -0.05) is 78.1 Å². The maximum Gasteiger partial charge on any atom is 0.0497 e. The molecule has 1 heteroatoms. The highest BCUT2D eigenvalue weighted by atomic mass is 16.5. The Morgan fingerprint density at radius 2 is 1.50 bits per heavy atom. The molecule has 1 atom stereocenters. The van der Waals surface area contributed by atoms with Crippen molar-refractivity contribution in [3.8, 4) is 0 Å². The van der Waals surface area contributed by atoms with E-state index in [1.54, 1.807) is 0 Å². The molecule has 1 saturated heterocycles. The third-order valence-corrected chi connectivity index (χ3v) is 4.49. The molecule has 18 heavy (non-hydrogen) atoms. The molecule has 0 saturated carbocycles. The van der Waals surface area contributed by atoms with Crippen LogP contribution in [0.4, 0.5) is 0 Å². The van der Waals surface area contributed by atoms with Crippen LogP contribution in [-0.2, 0) is 4.74 Å².